The van der Waals surface area contributed by atoms with Crippen LogP contribution in [0.4, 0.5) is 4.79 Å². The molecule has 3 aromatic carbocycles. The highest BCUT2D eigenvalue weighted by Crippen LogP contribution is 2.35. The van der Waals surface area contributed by atoms with Crippen LogP contribution in [0.2, 0.25) is 10.0 Å². The van der Waals surface area contributed by atoms with Gasteiger partial charge in [0.1, 0.15) is 18.9 Å². The molecule has 0 radical (unpaired) electrons. The Bertz CT molecular complexity index is 1420. The molecule has 0 unspecified atom stereocenters. The van der Waals surface area contributed by atoms with Crippen LogP contribution in [-0.2, 0) is 29.2 Å². The summed E-state index contributed by atoms with van der Waals surface area (Å²) in [6.07, 6.45) is 2.32. The predicted molar refractivity (Wildman–Crippen MR) is 145 cm³/mol. The first-order chi connectivity index (χ1) is 17.9. The zero-order valence-electron chi connectivity index (χ0n) is 19.7. The Labute approximate surface area is 228 Å². The van der Waals surface area contributed by atoms with Crippen molar-refractivity contribution in [2.75, 3.05) is 13.1 Å². The van der Waals surface area contributed by atoms with Crippen molar-refractivity contribution in [1.29, 1.82) is 0 Å². The number of nitrogens with zero attached hydrogens (tertiary/aromatic N) is 2. The van der Waals surface area contributed by atoms with Crippen LogP contribution in [0.3, 0.4) is 0 Å². The Hall–Kier alpha value is -3.26. The maximum absolute atomic E-state index is 13.1. The highest BCUT2D eigenvalue weighted by molar-refractivity contribution is 8.18. The average molecular weight is 553 g/mol. The first kappa shape index (κ1) is 25.4. The predicted octanol–water partition coefficient (Wildman–Crippen LogP) is 6.19. The summed E-state index contributed by atoms with van der Waals surface area (Å²) in [6.45, 7) is 0.991. The molecular weight excluding hydrogens is 531 g/mol. The molecule has 1 fully saturated rings. The van der Waals surface area contributed by atoms with Crippen molar-refractivity contribution in [3.8, 4) is 5.75 Å². The molecular formula is C28H22Cl2N2O4S. The van der Waals surface area contributed by atoms with E-state index in [0.717, 1.165) is 34.2 Å². The van der Waals surface area contributed by atoms with E-state index >= 15 is 0 Å². The third kappa shape index (κ3) is 5.85. The molecule has 9 heteroatoms. The number of halogens is 2. The number of hydrogen-bond acceptors (Lipinski definition) is 5. The van der Waals surface area contributed by atoms with Crippen molar-refractivity contribution in [2.45, 2.75) is 19.6 Å². The van der Waals surface area contributed by atoms with Gasteiger partial charge < -0.3 is 9.64 Å². The van der Waals surface area contributed by atoms with E-state index in [0.29, 0.717) is 34.4 Å². The first-order valence-corrected chi connectivity index (χ1v) is 13.2. The molecule has 6 nitrogen and oxygen atoms in total. The van der Waals surface area contributed by atoms with Crippen molar-refractivity contribution < 1.29 is 19.1 Å². The van der Waals surface area contributed by atoms with Gasteiger partial charge in [0.15, 0.2) is 0 Å². The number of carbonyl (C=O) groups is 3. The lowest BCUT2D eigenvalue weighted by molar-refractivity contribution is -0.136. The highest BCUT2D eigenvalue weighted by atomic mass is 35.5. The van der Waals surface area contributed by atoms with Gasteiger partial charge in [0.25, 0.3) is 11.1 Å². The Morgan fingerprint density at radius 3 is 2.57 bits per heavy atom. The van der Waals surface area contributed by atoms with E-state index in [9.17, 15) is 14.4 Å². The van der Waals surface area contributed by atoms with Gasteiger partial charge in [-0.15, -0.1) is 0 Å². The SMILES string of the molecule is O=C(CN1C(=O)S/C(=C/c2cc(Cl)ccc2OCc2cccc(Cl)c2)C1=O)N1CCc2ccccc2C1. The van der Waals surface area contributed by atoms with Crippen LogP contribution in [0, 0.1) is 0 Å². The largest absolute Gasteiger partial charge is 0.488 e. The molecule has 2 heterocycles. The van der Waals surface area contributed by atoms with Crippen LogP contribution in [0.15, 0.2) is 71.6 Å². The van der Waals surface area contributed by atoms with E-state index in [1.807, 2.05) is 30.3 Å². The summed E-state index contributed by atoms with van der Waals surface area (Å²) in [5.41, 5.74) is 3.74. The summed E-state index contributed by atoms with van der Waals surface area (Å²) in [5, 5.41) is 0.584. The average Bonchev–Trinajstić information content (AvgIpc) is 3.15. The second-order valence-corrected chi connectivity index (χ2v) is 10.6. The number of amides is 3. The maximum Gasteiger partial charge on any atom is 0.294 e. The van der Waals surface area contributed by atoms with Crippen molar-refractivity contribution in [1.82, 2.24) is 9.80 Å². The van der Waals surface area contributed by atoms with E-state index in [4.69, 9.17) is 27.9 Å². The minimum atomic E-state index is -0.512. The van der Waals surface area contributed by atoms with Gasteiger partial charge in [0, 0.05) is 28.7 Å². The normalized spacial score (nSPS) is 16.3. The molecule has 0 aromatic heterocycles. The zero-order valence-corrected chi connectivity index (χ0v) is 22.0. The topological polar surface area (TPSA) is 66.9 Å². The molecule has 1 saturated heterocycles. The number of hydrogen-bond donors (Lipinski definition) is 0. The third-order valence-electron chi connectivity index (χ3n) is 6.19. The molecule has 0 atom stereocenters. The van der Waals surface area contributed by atoms with Crippen molar-refractivity contribution in [3.05, 3.63) is 104 Å². The lowest BCUT2D eigenvalue weighted by atomic mass is 10.00. The summed E-state index contributed by atoms with van der Waals surface area (Å²) < 4.78 is 5.96. The van der Waals surface area contributed by atoms with E-state index in [-0.39, 0.29) is 24.0 Å². The Morgan fingerprint density at radius 1 is 0.973 bits per heavy atom. The number of fused-ring (bicyclic) bond motifs is 1. The van der Waals surface area contributed by atoms with Gasteiger partial charge in [-0.1, -0.05) is 59.6 Å². The number of rotatable bonds is 6. The van der Waals surface area contributed by atoms with Gasteiger partial charge in [-0.25, -0.2) is 0 Å². The molecule has 0 N–H and O–H groups in total. The number of benzene rings is 3. The molecule has 3 amide bonds. The minimum Gasteiger partial charge on any atom is -0.488 e. The second kappa shape index (κ2) is 11.0. The fraction of sp³-hybridized carbons (Fsp3) is 0.179. The second-order valence-electron chi connectivity index (χ2n) is 8.70. The minimum absolute atomic E-state index is 0.205. The standard InChI is InChI=1S/C28H22Cl2N2O4S/c29-22-7-3-4-18(12-22)17-36-24-9-8-23(30)13-21(24)14-25-27(34)32(28(35)37-25)16-26(33)31-11-10-19-5-1-2-6-20(19)15-31/h1-9,12-14H,10-11,15-17H2/b25-14+. The third-order valence-corrected chi connectivity index (χ3v) is 7.57. The van der Waals surface area contributed by atoms with Gasteiger partial charge in [-0.05, 0) is 71.3 Å². The first-order valence-electron chi connectivity index (χ1n) is 11.6. The zero-order chi connectivity index (χ0) is 25.9. The quantitative estimate of drug-likeness (QED) is 0.341. The van der Waals surface area contributed by atoms with Crippen LogP contribution < -0.4 is 4.74 Å². The fourth-order valence-electron chi connectivity index (χ4n) is 4.27. The summed E-state index contributed by atoms with van der Waals surface area (Å²) in [4.78, 5) is 41.6. The maximum atomic E-state index is 13.1. The van der Waals surface area contributed by atoms with Crippen LogP contribution in [0.1, 0.15) is 22.3 Å². The van der Waals surface area contributed by atoms with E-state index < -0.39 is 11.1 Å². The van der Waals surface area contributed by atoms with Gasteiger partial charge in [-0.2, -0.15) is 0 Å². The highest BCUT2D eigenvalue weighted by Gasteiger charge is 2.37. The number of imide groups is 1. The molecule has 188 valence electrons. The van der Waals surface area contributed by atoms with Crippen LogP contribution in [0.25, 0.3) is 6.08 Å². The molecule has 3 aromatic rings. The monoisotopic (exact) mass is 552 g/mol. The van der Waals surface area contributed by atoms with Gasteiger partial charge in [0.05, 0.1) is 4.91 Å². The molecule has 5 rings (SSSR count). The lowest BCUT2D eigenvalue weighted by Crippen LogP contribution is -2.44. The number of thioether (sulfide) groups is 1. The molecule has 2 aliphatic rings. The lowest BCUT2D eigenvalue weighted by Gasteiger charge is -2.29. The van der Waals surface area contributed by atoms with E-state index in [2.05, 4.69) is 6.07 Å². The van der Waals surface area contributed by atoms with Crippen LogP contribution in [-0.4, -0.2) is 39.9 Å². The molecule has 2 aliphatic heterocycles. The smallest absolute Gasteiger partial charge is 0.294 e. The summed E-state index contributed by atoms with van der Waals surface area (Å²) >= 11 is 13.1. The Kier molecular flexibility index (Phi) is 7.55. The molecule has 0 aliphatic carbocycles. The summed E-state index contributed by atoms with van der Waals surface area (Å²) in [7, 11) is 0. The Balaban J connectivity index is 1.29. The van der Waals surface area contributed by atoms with Crippen molar-refractivity contribution >= 4 is 58.1 Å². The van der Waals surface area contributed by atoms with Crippen molar-refractivity contribution in [2.24, 2.45) is 0 Å². The van der Waals surface area contributed by atoms with Crippen molar-refractivity contribution in [3.63, 3.8) is 0 Å². The number of ether oxygens (including phenoxy) is 1. The van der Waals surface area contributed by atoms with Gasteiger partial charge in [-0.3, -0.25) is 19.3 Å². The van der Waals surface area contributed by atoms with E-state index in [1.54, 1.807) is 41.3 Å². The summed E-state index contributed by atoms with van der Waals surface area (Å²) in [6, 6.07) is 20.4. The number of carbonyl (C=O) groups excluding carboxylic acids is 3. The van der Waals surface area contributed by atoms with Gasteiger partial charge >= 0.3 is 0 Å². The van der Waals surface area contributed by atoms with E-state index in [1.165, 1.54) is 5.56 Å². The fourth-order valence-corrected chi connectivity index (χ4v) is 5.50. The van der Waals surface area contributed by atoms with Gasteiger partial charge in [0.2, 0.25) is 5.91 Å². The van der Waals surface area contributed by atoms with Crippen LogP contribution in [0.5, 0.6) is 5.75 Å². The molecule has 0 saturated carbocycles. The molecule has 37 heavy (non-hydrogen) atoms. The van der Waals surface area contributed by atoms with Crippen LogP contribution >= 0.6 is 35.0 Å². The molecule has 0 spiro atoms. The Morgan fingerprint density at radius 2 is 1.76 bits per heavy atom. The summed E-state index contributed by atoms with van der Waals surface area (Å²) in [5.74, 6) is -0.271. The molecule has 0 bridgehead atoms.